The Bertz CT molecular complexity index is 222. The van der Waals surface area contributed by atoms with Crippen LogP contribution in [0.15, 0.2) is 0 Å². The van der Waals surface area contributed by atoms with Crippen LogP contribution in [0.5, 0.6) is 0 Å². The maximum absolute atomic E-state index is 6.37. The molecule has 2 bridgehead atoms. The minimum atomic E-state index is 0. The molecule has 0 amide bonds. The van der Waals surface area contributed by atoms with Gasteiger partial charge in [-0.2, -0.15) is 0 Å². The zero-order chi connectivity index (χ0) is 9.05. The molecule has 0 heterocycles. The molecular weight excluding hydrogens is 194 g/mol. The average Bonchev–Trinajstić information content (AvgIpc) is 2.72. The highest BCUT2D eigenvalue weighted by Gasteiger charge is 2.54. The molecule has 2 heteroatoms. The predicted molar refractivity (Wildman–Crippen MR) is 61.5 cm³/mol. The van der Waals surface area contributed by atoms with E-state index < -0.39 is 0 Å². The Morgan fingerprint density at radius 3 is 2.43 bits per heavy atom. The third kappa shape index (κ3) is 1.40. The second-order valence-electron chi connectivity index (χ2n) is 5.95. The summed E-state index contributed by atoms with van der Waals surface area (Å²) in [7, 11) is 0. The summed E-state index contributed by atoms with van der Waals surface area (Å²) >= 11 is 0. The Morgan fingerprint density at radius 2 is 1.93 bits per heavy atom. The van der Waals surface area contributed by atoms with Crippen LogP contribution < -0.4 is 5.73 Å². The van der Waals surface area contributed by atoms with Gasteiger partial charge in [0.15, 0.2) is 0 Å². The van der Waals surface area contributed by atoms with Crippen LogP contribution in [0.3, 0.4) is 0 Å². The number of halogens is 1. The maximum atomic E-state index is 6.37. The van der Waals surface area contributed by atoms with E-state index in [1.807, 2.05) is 0 Å². The van der Waals surface area contributed by atoms with Crippen molar-refractivity contribution in [2.24, 2.45) is 28.9 Å². The van der Waals surface area contributed by atoms with Crippen molar-refractivity contribution < 1.29 is 0 Å². The fraction of sp³-hybridized carbons (Fsp3) is 1.00. The summed E-state index contributed by atoms with van der Waals surface area (Å²) in [6, 6.07) is 0.534. The molecule has 0 aromatic rings. The van der Waals surface area contributed by atoms with Gasteiger partial charge in [-0.1, -0.05) is 19.8 Å². The molecule has 4 unspecified atom stereocenters. The fourth-order valence-corrected chi connectivity index (χ4v) is 4.00. The van der Waals surface area contributed by atoms with E-state index in [9.17, 15) is 0 Å². The zero-order valence-electron chi connectivity index (χ0n) is 9.04. The number of rotatable bonds is 2. The molecule has 0 saturated heterocycles. The van der Waals surface area contributed by atoms with Crippen molar-refractivity contribution in [2.45, 2.75) is 51.5 Å². The van der Waals surface area contributed by atoms with Gasteiger partial charge in [0.05, 0.1) is 0 Å². The Hall–Kier alpha value is 0.250. The summed E-state index contributed by atoms with van der Waals surface area (Å²) in [4.78, 5) is 0. The van der Waals surface area contributed by atoms with Crippen molar-refractivity contribution in [2.75, 3.05) is 0 Å². The highest BCUT2D eigenvalue weighted by atomic mass is 35.5. The summed E-state index contributed by atoms with van der Waals surface area (Å²) < 4.78 is 0. The maximum Gasteiger partial charge on any atom is 0.0124 e. The largest absolute Gasteiger partial charge is 0.327 e. The van der Waals surface area contributed by atoms with Gasteiger partial charge in [-0.05, 0) is 48.9 Å². The Balaban J connectivity index is 0.000000750. The summed E-state index contributed by atoms with van der Waals surface area (Å²) in [5.41, 5.74) is 6.91. The van der Waals surface area contributed by atoms with E-state index in [-0.39, 0.29) is 12.4 Å². The van der Waals surface area contributed by atoms with E-state index in [0.717, 1.165) is 17.8 Å². The van der Waals surface area contributed by atoms with Gasteiger partial charge in [-0.15, -0.1) is 12.4 Å². The van der Waals surface area contributed by atoms with Crippen LogP contribution in [0.2, 0.25) is 0 Å². The highest BCUT2D eigenvalue weighted by molar-refractivity contribution is 5.85. The minimum absolute atomic E-state index is 0. The summed E-state index contributed by atoms with van der Waals surface area (Å²) in [6.07, 6.45) is 8.76. The van der Waals surface area contributed by atoms with E-state index in [1.54, 1.807) is 0 Å². The summed E-state index contributed by atoms with van der Waals surface area (Å²) in [5, 5.41) is 0. The quantitative estimate of drug-likeness (QED) is 0.753. The van der Waals surface area contributed by atoms with Gasteiger partial charge in [-0.25, -0.2) is 0 Å². The first-order valence-electron chi connectivity index (χ1n) is 5.96. The van der Waals surface area contributed by atoms with Crippen molar-refractivity contribution >= 4 is 12.4 Å². The first kappa shape index (κ1) is 10.8. The first-order chi connectivity index (χ1) is 6.20. The molecule has 0 aliphatic heterocycles. The Morgan fingerprint density at radius 1 is 1.21 bits per heavy atom. The lowest BCUT2D eigenvalue weighted by atomic mass is 9.68. The molecule has 82 valence electrons. The molecule has 0 radical (unpaired) electrons. The molecule has 0 spiro atoms. The molecule has 3 saturated carbocycles. The van der Waals surface area contributed by atoms with Gasteiger partial charge < -0.3 is 5.73 Å². The number of fused-ring (bicyclic) bond motifs is 2. The van der Waals surface area contributed by atoms with Gasteiger partial charge >= 0.3 is 0 Å². The van der Waals surface area contributed by atoms with Gasteiger partial charge in [0, 0.05) is 6.04 Å². The molecule has 14 heavy (non-hydrogen) atoms. The molecule has 3 aliphatic rings. The third-order valence-electron chi connectivity index (χ3n) is 5.10. The van der Waals surface area contributed by atoms with Crippen LogP contribution in [0, 0.1) is 23.2 Å². The van der Waals surface area contributed by atoms with Crippen LogP contribution in [0.4, 0.5) is 0 Å². The molecule has 0 aromatic carbocycles. The average molecular weight is 216 g/mol. The highest BCUT2D eigenvalue weighted by Crippen LogP contribution is 2.59. The monoisotopic (exact) mass is 215 g/mol. The molecule has 1 nitrogen and oxygen atoms in total. The smallest absolute Gasteiger partial charge is 0.0124 e. The molecule has 0 aromatic heterocycles. The van der Waals surface area contributed by atoms with E-state index in [0.29, 0.717) is 11.5 Å². The Kier molecular flexibility index (Phi) is 2.60. The van der Waals surface area contributed by atoms with E-state index in [1.165, 1.54) is 38.5 Å². The molecule has 3 aliphatic carbocycles. The molecule has 3 fully saturated rings. The SMILES string of the molecule is CC1(CC2CC2)C2CCC(C2)C1N.Cl. The van der Waals surface area contributed by atoms with Gasteiger partial charge in [0.25, 0.3) is 0 Å². The summed E-state index contributed by atoms with van der Waals surface area (Å²) in [5.74, 6) is 2.91. The van der Waals surface area contributed by atoms with Crippen LogP contribution in [0.1, 0.15) is 45.4 Å². The van der Waals surface area contributed by atoms with Gasteiger partial charge in [0.1, 0.15) is 0 Å². The van der Waals surface area contributed by atoms with Gasteiger partial charge in [0.2, 0.25) is 0 Å². The lowest BCUT2D eigenvalue weighted by Crippen LogP contribution is -2.44. The first-order valence-corrected chi connectivity index (χ1v) is 5.96. The van der Waals surface area contributed by atoms with Crippen molar-refractivity contribution in [1.29, 1.82) is 0 Å². The minimum Gasteiger partial charge on any atom is -0.327 e. The molecular formula is C12H22ClN. The van der Waals surface area contributed by atoms with E-state index in [2.05, 4.69) is 6.92 Å². The van der Waals surface area contributed by atoms with E-state index >= 15 is 0 Å². The topological polar surface area (TPSA) is 26.0 Å². The second-order valence-corrected chi connectivity index (χ2v) is 5.95. The van der Waals surface area contributed by atoms with Gasteiger partial charge in [-0.3, -0.25) is 0 Å². The van der Waals surface area contributed by atoms with E-state index in [4.69, 9.17) is 5.73 Å². The molecule has 3 rings (SSSR count). The van der Waals surface area contributed by atoms with Crippen LogP contribution in [-0.2, 0) is 0 Å². The normalized spacial score (nSPS) is 50.6. The van der Waals surface area contributed by atoms with Crippen molar-refractivity contribution in [1.82, 2.24) is 0 Å². The lowest BCUT2D eigenvalue weighted by Gasteiger charge is -2.39. The van der Waals surface area contributed by atoms with Crippen molar-refractivity contribution in [3.8, 4) is 0 Å². The fourth-order valence-electron chi connectivity index (χ4n) is 4.00. The molecule has 2 N–H and O–H groups in total. The zero-order valence-corrected chi connectivity index (χ0v) is 9.85. The van der Waals surface area contributed by atoms with Crippen molar-refractivity contribution in [3.63, 3.8) is 0 Å². The standard InChI is InChI=1S/C12H21N.ClH/c1-12(7-8-2-3-8)10-5-4-9(6-10)11(12)13;/h8-11H,2-7,13H2,1H3;1H. The van der Waals surface area contributed by atoms with Crippen molar-refractivity contribution in [3.05, 3.63) is 0 Å². The predicted octanol–water partition coefficient (Wildman–Crippen LogP) is 2.97. The summed E-state index contributed by atoms with van der Waals surface area (Å²) in [6.45, 7) is 2.47. The number of hydrogen-bond acceptors (Lipinski definition) is 1. The number of nitrogens with two attached hydrogens (primary N) is 1. The molecule has 4 atom stereocenters. The lowest BCUT2D eigenvalue weighted by molar-refractivity contribution is 0.133. The van der Waals surface area contributed by atoms with Crippen LogP contribution >= 0.6 is 12.4 Å². The van der Waals surface area contributed by atoms with Crippen LogP contribution in [0.25, 0.3) is 0 Å². The Labute approximate surface area is 93.2 Å². The second kappa shape index (κ2) is 3.38. The third-order valence-corrected chi connectivity index (χ3v) is 5.10. The number of hydrogen-bond donors (Lipinski definition) is 1. The van der Waals surface area contributed by atoms with Crippen LogP contribution in [-0.4, -0.2) is 6.04 Å².